The van der Waals surface area contributed by atoms with Crippen molar-refractivity contribution < 1.29 is 24.2 Å². The molecule has 32 heavy (non-hydrogen) atoms. The molecular weight excluding hydrogens is 410 g/mol. The van der Waals surface area contributed by atoms with Crippen LogP contribution in [0.1, 0.15) is 27.6 Å². The first-order chi connectivity index (χ1) is 15.5. The third-order valence-electron chi connectivity index (χ3n) is 5.22. The molecule has 1 heterocycles. The monoisotopic (exact) mass is 433 g/mol. The second kappa shape index (κ2) is 8.97. The summed E-state index contributed by atoms with van der Waals surface area (Å²) in [5, 5.41) is 17.3. The number of phenolic OH excluding ortho intramolecular Hbond substituents is 1. The van der Waals surface area contributed by atoms with Crippen LogP contribution in [-0.4, -0.2) is 54.0 Å². The molecule has 4 rings (SSSR count). The van der Waals surface area contributed by atoms with Gasteiger partial charge in [-0.25, -0.2) is 0 Å². The minimum atomic E-state index is -0.621. The quantitative estimate of drug-likeness (QED) is 0.217. The van der Waals surface area contributed by atoms with E-state index >= 15 is 0 Å². The van der Waals surface area contributed by atoms with Crippen molar-refractivity contribution in [2.24, 2.45) is 0 Å². The first-order valence-corrected chi connectivity index (χ1v) is 10.3. The maximum absolute atomic E-state index is 13.0. The number of esters is 1. The van der Waals surface area contributed by atoms with Crippen molar-refractivity contribution in [3.8, 4) is 5.75 Å². The van der Waals surface area contributed by atoms with E-state index in [4.69, 9.17) is 4.74 Å². The third-order valence-corrected chi connectivity index (χ3v) is 5.22. The number of nitrogens with one attached hydrogen (secondary N) is 2. The molecule has 0 saturated carbocycles. The number of carbonyl (C=O) groups is 3. The number of nitrogens with zero attached hydrogens (tertiary/aromatic N) is 1. The standard InChI is InChI=1S/C24H23N3O5/c1-2-32-21(29)14-27-23(30)18-5-3-4-17-20(11-10-19(22(17)18)24(27)31)26-13-12-25-15-6-8-16(28)9-7-15/h3-11,25-26,28H,2,12-14H2,1H3. The number of ether oxygens (including phenoxy) is 1. The van der Waals surface area contributed by atoms with Gasteiger partial charge in [0.2, 0.25) is 0 Å². The highest BCUT2D eigenvalue weighted by Crippen LogP contribution is 2.34. The molecule has 0 fully saturated rings. The molecule has 164 valence electrons. The Balaban J connectivity index is 1.53. The number of rotatable bonds is 8. The Bertz CT molecular complexity index is 1170. The number of phenols is 1. The molecule has 0 radical (unpaired) electrons. The third kappa shape index (κ3) is 4.07. The van der Waals surface area contributed by atoms with Crippen LogP contribution in [0.5, 0.6) is 5.75 Å². The van der Waals surface area contributed by atoms with E-state index in [-0.39, 0.29) is 12.4 Å². The van der Waals surface area contributed by atoms with Crippen LogP contribution in [-0.2, 0) is 9.53 Å². The van der Waals surface area contributed by atoms with Crippen LogP contribution >= 0.6 is 0 Å². The highest BCUT2D eigenvalue weighted by Gasteiger charge is 2.34. The van der Waals surface area contributed by atoms with E-state index in [9.17, 15) is 19.5 Å². The number of hydrogen-bond donors (Lipinski definition) is 3. The van der Waals surface area contributed by atoms with Crippen LogP contribution in [0.25, 0.3) is 10.8 Å². The molecule has 0 saturated heterocycles. The smallest absolute Gasteiger partial charge is 0.326 e. The van der Waals surface area contributed by atoms with Crippen molar-refractivity contribution >= 4 is 39.9 Å². The first-order valence-electron chi connectivity index (χ1n) is 10.3. The minimum absolute atomic E-state index is 0.178. The summed E-state index contributed by atoms with van der Waals surface area (Å²) in [6.45, 7) is 2.65. The molecule has 1 aliphatic rings. The van der Waals surface area contributed by atoms with Crippen LogP contribution < -0.4 is 10.6 Å². The highest BCUT2D eigenvalue weighted by molar-refractivity contribution is 6.27. The molecule has 0 unspecified atom stereocenters. The fourth-order valence-electron chi connectivity index (χ4n) is 3.76. The molecule has 0 bridgehead atoms. The average molecular weight is 433 g/mol. The summed E-state index contributed by atoms with van der Waals surface area (Å²) in [6, 6.07) is 15.6. The molecule has 3 aromatic carbocycles. The van der Waals surface area contributed by atoms with Crippen LogP contribution in [0.2, 0.25) is 0 Å². The number of amides is 2. The van der Waals surface area contributed by atoms with E-state index in [1.165, 1.54) is 0 Å². The van der Waals surface area contributed by atoms with E-state index < -0.39 is 24.3 Å². The zero-order valence-corrected chi connectivity index (χ0v) is 17.6. The lowest BCUT2D eigenvalue weighted by Gasteiger charge is -2.27. The molecule has 8 heteroatoms. The second-order valence-corrected chi connectivity index (χ2v) is 7.29. The van der Waals surface area contributed by atoms with Gasteiger partial charge in [-0.2, -0.15) is 0 Å². The maximum Gasteiger partial charge on any atom is 0.326 e. The summed E-state index contributed by atoms with van der Waals surface area (Å²) < 4.78 is 4.90. The van der Waals surface area contributed by atoms with Crippen LogP contribution in [0.4, 0.5) is 11.4 Å². The van der Waals surface area contributed by atoms with Crippen LogP contribution in [0.15, 0.2) is 54.6 Å². The Morgan fingerprint density at radius 1 is 0.938 bits per heavy atom. The van der Waals surface area contributed by atoms with E-state index in [0.29, 0.717) is 29.6 Å². The summed E-state index contributed by atoms with van der Waals surface area (Å²) >= 11 is 0. The number of benzene rings is 3. The Morgan fingerprint density at radius 2 is 1.62 bits per heavy atom. The van der Waals surface area contributed by atoms with Gasteiger partial charge in [0, 0.05) is 46.4 Å². The molecule has 2 amide bonds. The Labute approximate surface area is 184 Å². The van der Waals surface area contributed by atoms with Gasteiger partial charge in [0.15, 0.2) is 0 Å². The van der Waals surface area contributed by atoms with Crippen molar-refractivity contribution in [3.05, 3.63) is 65.7 Å². The van der Waals surface area contributed by atoms with Gasteiger partial charge in [0.05, 0.1) is 6.61 Å². The summed E-state index contributed by atoms with van der Waals surface area (Å²) in [6.07, 6.45) is 0. The van der Waals surface area contributed by atoms with Crippen LogP contribution in [0.3, 0.4) is 0 Å². The Kier molecular flexibility index (Phi) is 5.93. The highest BCUT2D eigenvalue weighted by atomic mass is 16.5. The lowest BCUT2D eigenvalue weighted by molar-refractivity contribution is -0.143. The molecule has 3 aromatic rings. The minimum Gasteiger partial charge on any atom is -0.508 e. The normalized spacial score (nSPS) is 12.7. The lowest BCUT2D eigenvalue weighted by Crippen LogP contribution is -2.43. The molecule has 0 aliphatic carbocycles. The topological polar surface area (TPSA) is 108 Å². The van der Waals surface area contributed by atoms with Gasteiger partial charge in [-0.15, -0.1) is 0 Å². The molecule has 0 atom stereocenters. The predicted molar refractivity (Wildman–Crippen MR) is 121 cm³/mol. The average Bonchev–Trinajstić information content (AvgIpc) is 2.79. The van der Waals surface area contributed by atoms with Gasteiger partial charge in [0.1, 0.15) is 12.3 Å². The number of imide groups is 1. The number of hydrogen-bond acceptors (Lipinski definition) is 7. The van der Waals surface area contributed by atoms with Gasteiger partial charge in [-0.1, -0.05) is 12.1 Å². The van der Waals surface area contributed by atoms with E-state index in [2.05, 4.69) is 10.6 Å². The van der Waals surface area contributed by atoms with Crippen molar-refractivity contribution in [1.82, 2.24) is 4.90 Å². The summed E-state index contributed by atoms with van der Waals surface area (Å²) in [5.41, 5.74) is 2.46. The zero-order valence-electron chi connectivity index (χ0n) is 17.6. The maximum atomic E-state index is 13.0. The largest absolute Gasteiger partial charge is 0.508 e. The van der Waals surface area contributed by atoms with Gasteiger partial charge in [0.25, 0.3) is 11.8 Å². The summed E-state index contributed by atoms with van der Waals surface area (Å²) in [4.78, 5) is 38.7. The van der Waals surface area contributed by atoms with E-state index in [1.54, 1.807) is 55.5 Å². The fourth-order valence-corrected chi connectivity index (χ4v) is 3.76. The van der Waals surface area contributed by atoms with E-state index in [0.717, 1.165) is 21.7 Å². The van der Waals surface area contributed by atoms with Crippen molar-refractivity contribution in [1.29, 1.82) is 0 Å². The molecule has 1 aliphatic heterocycles. The zero-order chi connectivity index (χ0) is 22.7. The number of carbonyl (C=O) groups excluding carboxylic acids is 3. The Morgan fingerprint density at radius 3 is 2.34 bits per heavy atom. The van der Waals surface area contributed by atoms with Gasteiger partial charge in [-0.3, -0.25) is 19.3 Å². The molecule has 3 N–H and O–H groups in total. The predicted octanol–water partition coefficient (Wildman–Crippen LogP) is 3.23. The second-order valence-electron chi connectivity index (χ2n) is 7.29. The fraction of sp³-hybridized carbons (Fsp3) is 0.208. The molecule has 0 spiro atoms. The van der Waals surface area contributed by atoms with Crippen LogP contribution in [0, 0.1) is 0 Å². The summed E-state index contributed by atoms with van der Waals surface area (Å²) in [7, 11) is 0. The number of aromatic hydroxyl groups is 1. The van der Waals surface area contributed by atoms with Crippen molar-refractivity contribution in [2.45, 2.75) is 6.92 Å². The molecule has 0 aromatic heterocycles. The van der Waals surface area contributed by atoms with Gasteiger partial charge >= 0.3 is 5.97 Å². The van der Waals surface area contributed by atoms with Gasteiger partial charge < -0.3 is 20.5 Å². The lowest BCUT2D eigenvalue weighted by atomic mass is 9.93. The number of anilines is 2. The van der Waals surface area contributed by atoms with Crippen molar-refractivity contribution in [2.75, 3.05) is 36.9 Å². The molecule has 8 nitrogen and oxygen atoms in total. The SMILES string of the molecule is CCOC(=O)CN1C(=O)c2cccc3c(NCCNc4ccc(O)cc4)ccc(c23)C1=O. The first kappa shape index (κ1) is 21.2. The molecular formula is C24H23N3O5. The van der Waals surface area contributed by atoms with E-state index in [1.807, 2.05) is 6.07 Å². The Hall–Kier alpha value is -4.07. The van der Waals surface area contributed by atoms with Crippen molar-refractivity contribution in [3.63, 3.8) is 0 Å². The summed E-state index contributed by atoms with van der Waals surface area (Å²) in [5.74, 6) is -1.42. The van der Waals surface area contributed by atoms with Gasteiger partial charge in [-0.05, 0) is 49.4 Å².